The molecule has 0 aliphatic rings. The van der Waals surface area contributed by atoms with Crippen LogP contribution >= 0.6 is 0 Å². The van der Waals surface area contributed by atoms with Gasteiger partial charge in [0.05, 0.1) is 0 Å². The zero-order chi connectivity index (χ0) is 16.4. The van der Waals surface area contributed by atoms with Crippen LogP contribution in [0.25, 0.3) is 6.08 Å². The maximum absolute atomic E-state index is 13.8. The molecule has 1 rings (SSSR count). The lowest BCUT2D eigenvalue weighted by molar-refractivity contribution is -0.138. The standard InChI is InChI=1S/C12H14F2N2O4S/c1-2-8-5-7(6-10(15)11(17)18)3-4-9(8)12(13,14)21(16,19)20/h2-5,10H,1,6,15H2,(H,17,18)(H2,16,19,20). The van der Waals surface area contributed by atoms with E-state index in [2.05, 4.69) is 11.7 Å². The molecule has 0 amide bonds. The smallest absolute Gasteiger partial charge is 0.384 e. The van der Waals surface area contributed by atoms with Gasteiger partial charge in [-0.2, -0.15) is 8.78 Å². The number of benzene rings is 1. The Labute approximate surface area is 120 Å². The summed E-state index contributed by atoms with van der Waals surface area (Å²) < 4.78 is 49.4. The van der Waals surface area contributed by atoms with Crippen molar-refractivity contribution in [2.24, 2.45) is 10.9 Å². The molecule has 1 atom stereocenters. The predicted octanol–water partition coefficient (Wildman–Crippen LogP) is 0.622. The van der Waals surface area contributed by atoms with E-state index in [1.165, 1.54) is 12.1 Å². The Kier molecular flexibility index (Phi) is 4.82. The van der Waals surface area contributed by atoms with E-state index in [0.29, 0.717) is 5.56 Å². The third-order valence-corrected chi connectivity index (χ3v) is 3.71. The van der Waals surface area contributed by atoms with Crippen LogP contribution in [0, 0.1) is 0 Å². The summed E-state index contributed by atoms with van der Waals surface area (Å²) >= 11 is 0. The number of primary sulfonamides is 1. The van der Waals surface area contributed by atoms with E-state index in [4.69, 9.17) is 10.8 Å². The minimum absolute atomic E-state index is 0.0998. The van der Waals surface area contributed by atoms with Crippen molar-refractivity contribution in [2.45, 2.75) is 17.7 Å². The number of rotatable bonds is 6. The van der Waals surface area contributed by atoms with E-state index < -0.39 is 32.9 Å². The summed E-state index contributed by atoms with van der Waals surface area (Å²) in [6.45, 7) is 3.33. The van der Waals surface area contributed by atoms with E-state index >= 15 is 0 Å². The summed E-state index contributed by atoms with van der Waals surface area (Å²) in [7, 11) is -5.14. The molecule has 0 heterocycles. The zero-order valence-electron chi connectivity index (χ0n) is 10.8. The number of carboxylic acids is 1. The first kappa shape index (κ1) is 17.2. The van der Waals surface area contributed by atoms with Crippen molar-refractivity contribution in [3.63, 3.8) is 0 Å². The second-order valence-electron chi connectivity index (χ2n) is 4.34. The minimum atomic E-state index is -5.14. The molecule has 0 spiro atoms. The van der Waals surface area contributed by atoms with Crippen LogP contribution in [0.1, 0.15) is 16.7 Å². The SMILES string of the molecule is C=Cc1cc(CC(N)C(=O)O)ccc1C(F)(F)S(N)(=O)=O. The van der Waals surface area contributed by atoms with Crippen LogP contribution in [0.4, 0.5) is 8.78 Å². The number of carboxylic acid groups (broad SMARTS) is 1. The van der Waals surface area contributed by atoms with E-state index in [-0.39, 0.29) is 12.0 Å². The molecule has 5 N–H and O–H groups in total. The summed E-state index contributed by atoms with van der Waals surface area (Å²) in [4.78, 5) is 10.7. The van der Waals surface area contributed by atoms with E-state index in [0.717, 1.165) is 12.1 Å². The number of carbonyl (C=O) groups is 1. The summed E-state index contributed by atoms with van der Waals surface area (Å²) in [6, 6.07) is 2.03. The largest absolute Gasteiger partial charge is 0.480 e. The predicted molar refractivity (Wildman–Crippen MR) is 72.8 cm³/mol. The van der Waals surface area contributed by atoms with Gasteiger partial charge in [-0.1, -0.05) is 30.9 Å². The minimum Gasteiger partial charge on any atom is -0.480 e. The number of nitrogens with two attached hydrogens (primary N) is 2. The Bertz CT molecular complexity index is 674. The van der Waals surface area contributed by atoms with Crippen molar-refractivity contribution in [3.05, 3.63) is 41.5 Å². The molecule has 0 aromatic heterocycles. The molecule has 0 aliphatic heterocycles. The van der Waals surface area contributed by atoms with Crippen molar-refractivity contribution >= 4 is 22.1 Å². The van der Waals surface area contributed by atoms with Gasteiger partial charge in [0.2, 0.25) is 0 Å². The molecule has 0 aliphatic carbocycles. The van der Waals surface area contributed by atoms with Gasteiger partial charge in [-0.15, -0.1) is 0 Å². The van der Waals surface area contributed by atoms with Crippen LogP contribution in [0.5, 0.6) is 0 Å². The average molecular weight is 320 g/mol. The van der Waals surface area contributed by atoms with Gasteiger partial charge in [0, 0.05) is 5.56 Å². The first-order valence-electron chi connectivity index (χ1n) is 5.65. The first-order valence-corrected chi connectivity index (χ1v) is 7.19. The van der Waals surface area contributed by atoms with Gasteiger partial charge in [0.1, 0.15) is 6.04 Å². The highest BCUT2D eigenvalue weighted by Crippen LogP contribution is 2.35. The molecule has 1 unspecified atom stereocenters. The second-order valence-corrected chi connectivity index (χ2v) is 5.94. The number of hydrogen-bond acceptors (Lipinski definition) is 4. The quantitative estimate of drug-likeness (QED) is 0.709. The highest BCUT2D eigenvalue weighted by atomic mass is 32.2. The molecule has 0 saturated carbocycles. The fourth-order valence-electron chi connectivity index (χ4n) is 1.67. The van der Waals surface area contributed by atoms with Gasteiger partial charge in [0.15, 0.2) is 0 Å². The number of halogens is 2. The highest BCUT2D eigenvalue weighted by molar-refractivity contribution is 7.89. The molecule has 0 bridgehead atoms. The van der Waals surface area contributed by atoms with Crippen molar-refractivity contribution in [3.8, 4) is 0 Å². The van der Waals surface area contributed by atoms with E-state index in [9.17, 15) is 22.0 Å². The topological polar surface area (TPSA) is 123 Å². The molecule has 1 aromatic rings. The van der Waals surface area contributed by atoms with E-state index in [1.807, 2.05) is 0 Å². The highest BCUT2D eigenvalue weighted by Gasteiger charge is 2.45. The van der Waals surface area contributed by atoms with E-state index in [1.54, 1.807) is 0 Å². The van der Waals surface area contributed by atoms with Crippen LogP contribution < -0.4 is 10.9 Å². The number of alkyl halides is 2. The monoisotopic (exact) mass is 320 g/mol. The lowest BCUT2D eigenvalue weighted by Crippen LogP contribution is -2.34. The lowest BCUT2D eigenvalue weighted by atomic mass is 9.99. The Hall–Kier alpha value is -1.84. The fraction of sp³-hybridized carbons (Fsp3) is 0.250. The van der Waals surface area contributed by atoms with Crippen molar-refractivity contribution in [1.82, 2.24) is 0 Å². The molecule has 0 fully saturated rings. The van der Waals surface area contributed by atoms with Gasteiger partial charge in [-0.05, 0) is 17.5 Å². The van der Waals surface area contributed by atoms with Gasteiger partial charge in [-0.25, -0.2) is 13.6 Å². The average Bonchev–Trinajstić information content (AvgIpc) is 2.36. The van der Waals surface area contributed by atoms with Crippen molar-refractivity contribution < 1.29 is 27.1 Å². The molecule has 21 heavy (non-hydrogen) atoms. The summed E-state index contributed by atoms with van der Waals surface area (Å²) in [5.74, 6) is -1.24. The normalized spacial score (nSPS) is 13.7. The number of aliphatic carboxylic acids is 1. The van der Waals surface area contributed by atoms with Crippen LogP contribution in [-0.2, 0) is 26.5 Å². The zero-order valence-corrected chi connectivity index (χ0v) is 11.6. The molecule has 116 valence electrons. The molecule has 6 nitrogen and oxygen atoms in total. The summed E-state index contributed by atoms with van der Waals surface area (Å²) in [5, 5.41) is 8.94. The lowest BCUT2D eigenvalue weighted by Gasteiger charge is -2.18. The van der Waals surface area contributed by atoms with Crippen molar-refractivity contribution in [2.75, 3.05) is 0 Å². The van der Waals surface area contributed by atoms with Crippen molar-refractivity contribution in [1.29, 1.82) is 0 Å². The molecular formula is C12H14F2N2O4S. The maximum Gasteiger partial charge on any atom is 0.384 e. The molecule has 0 radical (unpaired) electrons. The van der Waals surface area contributed by atoms with Gasteiger partial charge < -0.3 is 10.8 Å². The second kappa shape index (κ2) is 5.88. The number of hydrogen-bond donors (Lipinski definition) is 3. The Morgan fingerprint density at radius 2 is 2.05 bits per heavy atom. The maximum atomic E-state index is 13.8. The fourth-order valence-corrected chi connectivity index (χ4v) is 2.16. The van der Waals surface area contributed by atoms with Crippen LogP contribution in [-0.4, -0.2) is 25.5 Å². The summed E-state index contributed by atoms with van der Waals surface area (Å²) in [6.07, 6.45) is 0.932. The molecule has 9 heteroatoms. The van der Waals surface area contributed by atoms with Crippen LogP contribution in [0.15, 0.2) is 24.8 Å². The first-order chi connectivity index (χ1) is 9.50. The molecule has 0 saturated heterocycles. The molecule has 1 aromatic carbocycles. The van der Waals surface area contributed by atoms with Gasteiger partial charge in [0.25, 0.3) is 10.0 Å². The third kappa shape index (κ3) is 3.63. The van der Waals surface area contributed by atoms with Gasteiger partial charge >= 0.3 is 11.2 Å². The summed E-state index contributed by atoms with van der Waals surface area (Å²) in [5.41, 5.74) is 4.71. The third-order valence-electron chi connectivity index (χ3n) is 2.78. The molecular weight excluding hydrogens is 306 g/mol. The van der Waals surface area contributed by atoms with Crippen LogP contribution in [0.2, 0.25) is 0 Å². The Morgan fingerprint density at radius 1 is 1.48 bits per heavy atom. The Balaban J connectivity index is 3.29. The Morgan fingerprint density at radius 3 is 2.48 bits per heavy atom. The number of sulfonamides is 1. The van der Waals surface area contributed by atoms with Gasteiger partial charge in [-0.3, -0.25) is 4.79 Å². The van der Waals surface area contributed by atoms with Crippen LogP contribution in [0.3, 0.4) is 0 Å².